The van der Waals surface area contributed by atoms with E-state index in [-0.39, 0.29) is 5.91 Å². The number of rotatable bonds is 4. The van der Waals surface area contributed by atoms with Crippen LogP contribution in [0.5, 0.6) is 0 Å². The number of nitrogens with zero attached hydrogens (tertiary/aromatic N) is 3. The summed E-state index contributed by atoms with van der Waals surface area (Å²) in [5, 5.41) is 0. The molecular weight excluding hydrogens is 286 g/mol. The molecule has 0 saturated carbocycles. The first-order valence-corrected chi connectivity index (χ1v) is 8.30. The molecule has 0 N–H and O–H groups in total. The highest BCUT2D eigenvalue weighted by atomic mass is 16.2. The molecule has 0 radical (unpaired) electrons. The van der Waals surface area contributed by atoms with Gasteiger partial charge in [-0.1, -0.05) is 24.3 Å². The smallest absolute Gasteiger partial charge is 0.257 e. The highest BCUT2D eigenvalue weighted by molar-refractivity contribution is 5.98. The summed E-state index contributed by atoms with van der Waals surface area (Å²) in [5.41, 5.74) is 3.43. The molecule has 4 heteroatoms. The third kappa shape index (κ3) is 3.07. The van der Waals surface area contributed by atoms with Crippen LogP contribution in [-0.4, -0.2) is 35.4 Å². The fraction of sp³-hybridized carbons (Fsp3) is 0.368. The lowest BCUT2D eigenvalue weighted by molar-refractivity contribution is 0.0773. The quantitative estimate of drug-likeness (QED) is 0.870. The highest BCUT2D eigenvalue weighted by Crippen LogP contribution is 2.26. The summed E-state index contributed by atoms with van der Waals surface area (Å²) in [4.78, 5) is 21.4. The van der Waals surface area contributed by atoms with E-state index >= 15 is 0 Å². The molecule has 0 spiro atoms. The average molecular weight is 309 g/mol. The molecule has 3 rings (SSSR count). The lowest BCUT2D eigenvalue weighted by Gasteiger charge is -2.31. The zero-order valence-corrected chi connectivity index (χ0v) is 13.8. The van der Waals surface area contributed by atoms with Gasteiger partial charge in [0.15, 0.2) is 0 Å². The number of fused-ring (bicyclic) bond motifs is 1. The van der Waals surface area contributed by atoms with Crippen LogP contribution in [-0.2, 0) is 13.0 Å². The van der Waals surface area contributed by atoms with E-state index in [4.69, 9.17) is 0 Å². The van der Waals surface area contributed by atoms with Crippen molar-refractivity contribution in [3.8, 4) is 0 Å². The zero-order valence-electron chi connectivity index (χ0n) is 13.8. The van der Waals surface area contributed by atoms with Crippen LogP contribution in [0.3, 0.4) is 0 Å². The number of carbonyl (C=O) groups excluding carboxylic acids is 1. The molecule has 2 heterocycles. The molecule has 0 bridgehead atoms. The number of hydrogen-bond donors (Lipinski definition) is 0. The maximum absolute atomic E-state index is 12.8. The lowest BCUT2D eigenvalue weighted by Crippen LogP contribution is -2.35. The van der Waals surface area contributed by atoms with Crippen molar-refractivity contribution in [3.63, 3.8) is 0 Å². The van der Waals surface area contributed by atoms with Crippen LogP contribution >= 0.6 is 0 Å². The van der Waals surface area contributed by atoms with Gasteiger partial charge in [0, 0.05) is 32.4 Å². The van der Waals surface area contributed by atoms with Gasteiger partial charge in [0.25, 0.3) is 5.91 Å². The monoisotopic (exact) mass is 309 g/mol. The van der Waals surface area contributed by atoms with Crippen molar-refractivity contribution in [2.24, 2.45) is 0 Å². The minimum atomic E-state index is 0.0666. The van der Waals surface area contributed by atoms with E-state index in [0.29, 0.717) is 18.7 Å². The molecule has 1 amide bonds. The third-order valence-corrected chi connectivity index (χ3v) is 4.50. The van der Waals surface area contributed by atoms with Crippen molar-refractivity contribution in [1.82, 2.24) is 9.88 Å². The molecule has 1 aliphatic heterocycles. The minimum absolute atomic E-state index is 0.0666. The predicted octanol–water partition coefficient (Wildman–Crippen LogP) is 3.13. The van der Waals surface area contributed by atoms with Crippen molar-refractivity contribution in [3.05, 3.63) is 59.3 Å². The van der Waals surface area contributed by atoms with Crippen molar-refractivity contribution >= 4 is 11.7 Å². The molecule has 0 saturated heterocycles. The number of benzene rings is 1. The third-order valence-electron chi connectivity index (χ3n) is 4.50. The summed E-state index contributed by atoms with van der Waals surface area (Å²) in [7, 11) is 0. The molecule has 1 aromatic heterocycles. The van der Waals surface area contributed by atoms with Gasteiger partial charge in [-0.2, -0.15) is 0 Å². The largest absolute Gasteiger partial charge is 0.351 e. The number of pyridine rings is 1. The lowest BCUT2D eigenvalue weighted by atomic mass is 9.99. The summed E-state index contributed by atoms with van der Waals surface area (Å²) in [6.07, 6.45) is 2.76. The van der Waals surface area contributed by atoms with Crippen LogP contribution in [0, 0.1) is 0 Å². The Kier molecular flexibility index (Phi) is 4.60. The normalized spacial score (nSPS) is 13.6. The van der Waals surface area contributed by atoms with E-state index in [0.717, 1.165) is 25.3 Å². The Morgan fingerprint density at radius 1 is 1.13 bits per heavy atom. The SMILES string of the molecule is CCN(CC)C(=O)c1cccnc1N1CCc2ccccc2C1. The number of aromatic nitrogens is 1. The maximum atomic E-state index is 12.8. The van der Waals surface area contributed by atoms with Gasteiger partial charge in [-0.3, -0.25) is 4.79 Å². The van der Waals surface area contributed by atoms with Crippen molar-refractivity contribution in [2.75, 3.05) is 24.5 Å². The molecule has 0 unspecified atom stereocenters. The molecule has 4 nitrogen and oxygen atoms in total. The van der Waals surface area contributed by atoms with Crippen LogP contribution in [0.2, 0.25) is 0 Å². The Morgan fingerprint density at radius 2 is 1.87 bits per heavy atom. The molecule has 2 aromatic rings. The van der Waals surface area contributed by atoms with Gasteiger partial charge < -0.3 is 9.80 Å². The molecule has 23 heavy (non-hydrogen) atoms. The van der Waals surface area contributed by atoms with E-state index in [1.165, 1.54) is 11.1 Å². The zero-order chi connectivity index (χ0) is 16.2. The van der Waals surface area contributed by atoms with Crippen LogP contribution in [0.15, 0.2) is 42.6 Å². The number of anilines is 1. The maximum Gasteiger partial charge on any atom is 0.257 e. The molecule has 0 fully saturated rings. The second kappa shape index (κ2) is 6.82. The Balaban J connectivity index is 1.91. The molecule has 1 aromatic carbocycles. The van der Waals surface area contributed by atoms with Crippen LogP contribution in [0.25, 0.3) is 0 Å². The Morgan fingerprint density at radius 3 is 2.61 bits per heavy atom. The fourth-order valence-corrected chi connectivity index (χ4v) is 3.17. The highest BCUT2D eigenvalue weighted by Gasteiger charge is 2.23. The van der Waals surface area contributed by atoms with Gasteiger partial charge in [0.2, 0.25) is 0 Å². The van der Waals surface area contributed by atoms with E-state index in [2.05, 4.69) is 34.1 Å². The molecule has 0 aliphatic carbocycles. The van der Waals surface area contributed by atoms with Crippen LogP contribution < -0.4 is 4.90 Å². The van der Waals surface area contributed by atoms with Gasteiger partial charge in [-0.15, -0.1) is 0 Å². The fourth-order valence-electron chi connectivity index (χ4n) is 3.17. The van der Waals surface area contributed by atoms with E-state index < -0.39 is 0 Å². The van der Waals surface area contributed by atoms with Crippen molar-refractivity contribution in [1.29, 1.82) is 0 Å². The van der Waals surface area contributed by atoms with Gasteiger partial charge in [0.05, 0.1) is 5.56 Å². The van der Waals surface area contributed by atoms with Crippen molar-refractivity contribution in [2.45, 2.75) is 26.8 Å². The summed E-state index contributed by atoms with van der Waals surface area (Å²) in [6, 6.07) is 12.2. The molecule has 120 valence electrons. The number of hydrogen-bond acceptors (Lipinski definition) is 3. The number of amides is 1. The molecule has 1 aliphatic rings. The summed E-state index contributed by atoms with van der Waals surface area (Å²) in [6.45, 7) is 7.15. The number of carbonyl (C=O) groups is 1. The Hall–Kier alpha value is -2.36. The average Bonchev–Trinajstić information content (AvgIpc) is 2.62. The second-order valence-electron chi connectivity index (χ2n) is 5.79. The first-order chi connectivity index (χ1) is 11.2. The van der Waals surface area contributed by atoms with E-state index in [1.807, 2.05) is 30.9 Å². The van der Waals surface area contributed by atoms with E-state index in [9.17, 15) is 4.79 Å². The molecular formula is C19H23N3O. The Bertz CT molecular complexity index is 695. The first kappa shape index (κ1) is 15.5. The summed E-state index contributed by atoms with van der Waals surface area (Å²) >= 11 is 0. The summed E-state index contributed by atoms with van der Waals surface area (Å²) < 4.78 is 0. The molecule has 0 atom stereocenters. The Labute approximate surface area is 137 Å². The van der Waals surface area contributed by atoms with Crippen LogP contribution in [0.1, 0.15) is 35.3 Å². The van der Waals surface area contributed by atoms with Crippen LogP contribution in [0.4, 0.5) is 5.82 Å². The minimum Gasteiger partial charge on any atom is -0.351 e. The van der Waals surface area contributed by atoms with E-state index in [1.54, 1.807) is 6.20 Å². The van der Waals surface area contributed by atoms with Gasteiger partial charge in [0.1, 0.15) is 5.82 Å². The van der Waals surface area contributed by atoms with Gasteiger partial charge >= 0.3 is 0 Å². The van der Waals surface area contributed by atoms with Crippen molar-refractivity contribution < 1.29 is 4.79 Å². The standard InChI is InChI=1S/C19H23N3O/c1-3-21(4-2)19(23)17-10-7-12-20-18(17)22-13-11-15-8-5-6-9-16(15)14-22/h5-10,12H,3-4,11,13-14H2,1-2H3. The topological polar surface area (TPSA) is 36.4 Å². The first-order valence-electron chi connectivity index (χ1n) is 8.30. The van der Waals surface area contributed by atoms with Gasteiger partial charge in [-0.05, 0) is 43.5 Å². The predicted molar refractivity (Wildman–Crippen MR) is 92.7 cm³/mol. The van der Waals surface area contributed by atoms with Gasteiger partial charge in [-0.25, -0.2) is 4.98 Å². The second-order valence-corrected chi connectivity index (χ2v) is 5.79. The summed E-state index contributed by atoms with van der Waals surface area (Å²) in [5.74, 6) is 0.871.